The molecule has 0 N–H and O–H groups in total. The molecule has 25 heavy (non-hydrogen) atoms. The molecule has 4 rings (SSSR count). The molecule has 126 valence electrons. The lowest BCUT2D eigenvalue weighted by Gasteiger charge is -2.08. The van der Waals surface area contributed by atoms with Crippen LogP contribution in [-0.2, 0) is 0 Å². The fourth-order valence-corrected chi connectivity index (χ4v) is 3.24. The van der Waals surface area contributed by atoms with Crippen LogP contribution in [0.1, 0.15) is 16.7 Å². The molecule has 0 fully saturated rings. The van der Waals surface area contributed by atoms with E-state index in [2.05, 4.69) is 0 Å². The second-order valence-corrected chi connectivity index (χ2v) is 6.28. The zero-order valence-electron chi connectivity index (χ0n) is 14.6. The lowest BCUT2D eigenvalue weighted by atomic mass is 10.00. The lowest BCUT2D eigenvalue weighted by molar-refractivity contribution is 0.414. The molecule has 2 aromatic heterocycles. The predicted octanol–water partition coefficient (Wildman–Crippen LogP) is 5.14. The third-order valence-corrected chi connectivity index (χ3v) is 4.82. The molecule has 0 amide bonds. The third-order valence-electron chi connectivity index (χ3n) is 4.82. The molecule has 2 heterocycles. The van der Waals surface area contributed by atoms with Gasteiger partial charge in [0.25, 0.3) is 0 Å². The number of hydrogen-bond donors (Lipinski definition) is 0. The zero-order chi connectivity index (χ0) is 17.7. The Kier molecular flexibility index (Phi) is 3.42. The van der Waals surface area contributed by atoms with Gasteiger partial charge in [-0.2, -0.15) is 0 Å². The molecule has 0 aliphatic carbocycles. The zero-order valence-corrected chi connectivity index (χ0v) is 14.6. The summed E-state index contributed by atoms with van der Waals surface area (Å²) in [5.74, 6) is 1.42. The fourth-order valence-electron chi connectivity index (χ4n) is 3.24. The second kappa shape index (κ2) is 5.52. The number of furan rings is 1. The van der Waals surface area contributed by atoms with Gasteiger partial charge in [-0.1, -0.05) is 12.1 Å². The van der Waals surface area contributed by atoms with Crippen LogP contribution >= 0.6 is 0 Å². The van der Waals surface area contributed by atoms with Gasteiger partial charge in [0.2, 0.25) is 0 Å². The normalized spacial score (nSPS) is 11.4. The summed E-state index contributed by atoms with van der Waals surface area (Å²) in [5.41, 5.74) is 4.75. The second-order valence-electron chi connectivity index (χ2n) is 6.28. The van der Waals surface area contributed by atoms with E-state index in [1.165, 1.54) is 6.07 Å². The van der Waals surface area contributed by atoms with E-state index in [9.17, 15) is 4.79 Å². The maximum absolute atomic E-state index is 12.1. The van der Waals surface area contributed by atoms with Crippen LogP contribution in [-0.4, -0.2) is 7.11 Å². The molecular weight excluding hydrogens is 316 g/mol. The number of methoxy groups -OCH3 is 1. The Morgan fingerprint density at radius 3 is 2.40 bits per heavy atom. The number of benzene rings is 2. The third kappa shape index (κ3) is 2.33. The monoisotopic (exact) mass is 334 g/mol. The van der Waals surface area contributed by atoms with Crippen molar-refractivity contribution >= 4 is 21.9 Å². The molecule has 0 radical (unpaired) electrons. The van der Waals surface area contributed by atoms with Crippen molar-refractivity contribution in [3.8, 4) is 17.1 Å². The quantitative estimate of drug-likeness (QED) is 0.476. The Labute approximate surface area is 144 Å². The van der Waals surface area contributed by atoms with Crippen molar-refractivity contribution in [1.82, 2.24) is 0 Å². The minimum atomic E-state index is -0.381. The van der Waals surface area contributed by atoms with Gasteiger partial charge in [0.05, 0.1) is 7.11 Å². The number of fused-ring (bicyclic) bond motifs is 2. The molecule has 0 aliphatic heterocycles. The van der Waals surface area contributed by atoms with E-state index in [0.29, 0.717) is 11.3 Å². The highest BCUT2D eigenvalue weighted by molar-refractivity contribution is 5.98. The first-order chi connectivity index (χ1) is 12.0. The molecule has 4 nitrogen and oxygen atoms in total. The van der Waals surface area contributed by atoms with Crippen LogP contribution in [0.5, 0.6) is 5.75 Å². The van der Waals surface area contributed by atoms with Gasteiger partial charge < -0.3 is 13.6 Å². The molecule has 0 saturated carbocycles. The highest BCUT2D eigenvalue weighted by Crippen LogP contribution is 2.38. The topological polar surface area (TPSA) is 52.6 Å². The summed E-state index contributed by atoms with van der Waals surface area (Å²) in [4.78, 5) is 12.1. The molecule has 0 atom stereocenters. The van der Waals surface area contributed by atoms with Gasteiger partial charge >= 0.3 is 5.63 Å². The van der Waals surface area contributed by atoms with Crippen molar-refractivity contribution < 1.29 is 13.6 Å². The Morgan fingerprint density at radius 2 is 1.64 bits per heavy atom. The summed E-state index contributed by atoms with van der Waals surface area (Å²) in [7, 11) is 1.62. The summed E-state index contributed by atoms with van der Waals surface area (Å²) in [6.45, 7) is 5.95. The van der Waals surface area contributed by atoms with Gasteiger partial charge in [-0.05, 0) is 44.0 Å². The molecule has 4 aromatic rings. The molecule has 0 spiro atoms. The van der Waals surface area contributed by atoms with E-state index in [4.69, 9.17) is 13.6 Å². The predicted molar refractivity (Wildman–Crippen MR) is 98.5 cm³/mol. The van der Waals surface area contributed by atoms with E-state index in [0.717, 1.165) is 44.4 Å². The van der Waals surface area contributed by atoms with Crippen molar-refractivity contribution in [2.45, 2.75) is 20.8 Å². The van der Waals surface area contributed by atoms with Gasteiger partial charge in [0, 0.05) is 34.0 Å². The Hall–Kier alpha value is -3.01. The summed E-state index contributed by atoms with van der Waals surface area (Å²) >= 11 is 0. The molecule has 0 bridgehead atoms. The van der Waals surface area contributed by atoms with Crippen molar-refractivity contribution in [3.05, 3.63) is 63.5 Å². The molecule has 0 unspecified atom stereocenters. The number of ether oxygens (including phenoxy) is 1. The van der Waals surface area contributed by atoms with Crippen LogP contribution in [0.2, 0.25) is 0 Å². The Morgan fingerprint density at radius 1 is 0.880 bits per heavy atom. The summed E-state index contributed by atoms with van der Waals surface area (Å²) in [6, 6.07) is 11.2. The molecule has 0 saturated heterocycles. The van der Waals surface area contributed by atoms with E-state index < -0.39 is 0 Å². The van der Waals surface area contributed by atoms with Gasteiger partial charge in [-0.15, -0.1) is 0 Å². The first-order valence-electron chi connectivity index (χ1n) is 8.11. The van der Waals surface area contributed by atoms with Crippen LogP contribution < -0.4 is 10.4 Å². The Bertz CT molecular complexity index is 1180. The van der Waals surface area contributed by atoms with Gasteiger partial charge in [-0.25, -0.2) is 4.79 Å². The average Bonchev–Trinajstić information content (AvgIpc) is 2.94. The SMILES string of the molecule is COc1ccc2c(C)c(-c3cc(=O)oc4c(C)c(C)ccc34)oc2c1. The summed E-state index contributed by atoms with van der Waals surface area (Å²) < 4.78 is 16.8. The highest BCUT2D eigenvalue weighted by atomic mass is 16.5. The first kappa shape index (κ1) is 15.5. The van der Waals surface area contributed by atoms with E-state index in [1.54, 1.807) is 7.11 Å². The molecule has 0 aliphatic rings. The average molecular weight is 334 g/mol. The van der Waals surface area contributed by atoms with Crippen molar-refractivity contribution in [3.63, 3.8) is 0 Å². The van der Waals surface area contributed by atoms with Gasteiger partial charge in [0.15, 0.2) is 0 Å². The van der Waals surface area contributed by atoms with Crippen LogP contribution in [0.25, 0.3) is 33.3 Å². The van der Waals surface area contributed by atoms with E-state index >= 15 is 0 Å². The fraction of sp³-hybridized carbons (Fsp3) is 0.190. The van der Waals surface area contributed by atoms with Crippen LogP contribution in [0.4, 0.5) is 0 Å². The lowest BCUT2D eigenvalue weighted by Crippen LogP contribution is -2.00. The maximum Gasteiger partial charge on any atom is 0.336 e. The van der Waals surface area contributed by atoms with E-state index in [1.807, 2.05) is 51.1 Å². The van der Waals surface area contributed by atoms with Crippen molar-refractivity contribution in [2.75, 3.05) is 7.11 Å². The van der Waals surface area contributed by atoms with Gasteiger partial charge in [-0.3, -0.25) is 0 Å². The summed E-state index contributed by atoms with van der Waals surface area (Å²) in [6.07, 6.45) is 0. The number of aryl methyl sites for hydroxylation is 3. The molecule has 2 aromatic carbocycles. The maximum atomic E-state index is 12.1. The standard InChI is InChI=1S/C21H18O4/c1-11-5-7-16-17(10-19(22)25-20(16)12(11)2)21-13(3)15-8-6-14(23-4)9-18(15)24-21/h5-10H,1-4H3. The smallest absolute Gasteiger partial charge is 0.336 e. The van der Waals surface area contributed by atoms with Crippen LogP contribution in [0.3, 0.4) is 0 Å². The minimum absolute atomic E-state index is 0.381. The first-order valence-corrected chi connectivity index (χ1v) is 8.11. The van der Waals surface area contributed by atoms with Crippen molar-refractivity contribution in [2.24, 2.45) is 0 Å². The van der Waals surface area contributed by atoms with E-state index in [-0.39, 0.29) is 5.63 Å². The van der Waals surface area contributed by atoms with Crippen LogP contribution in [0, 0.1) is 20.8 Å². The molecular formula is C21H18O4. The minimum Gasteiger partial charge on any atom is -0.497 e. The summed E-state index contributed by atoms with van der Waals surface area (Å²) in [5, 5.41) is 1.87. The largest absolute Gasteiger partial charge is 0.497 e. The number of hydrogen-bond acceptors (Lipinski definition) is 4. The molecule has 4 heteroatoms. The number of rotatable bonds is 2. The van der Waals surface area contributed by atoms with Crippen molar-refractivity contribution in [1.29, 1.82) is 0 Å². The highest BCUT2D eigenvalue weighted by Gasteiger charge is 2.18. The van der Waals surface area contributed by atoms with Crippen LogP contribution in [0.15, 0.2) is 50.0 Å². The van der Waals surface area contributed by atoms with Gasteiger partial charge in [0.1, 0.15) is 22.7 Å². The Balaban J connectivity index is 2.08.